The van der Waals surface area contributed by atoms with Gasteiger partial charge in [0.2, 0.25) is 0 Å². The van der Waals surface area contributed by atoms with Crippen LogP contribution in [0.4, 0.5) is 0 Å². The molecule has 0 aliphatic carbocycles. The fourth-order valence-electron chi connectivity index (χ4n) is 1.43. The molecule has 0 unspecified atom stereocenters. The van der Waals surface area contributed by atoms with E-state index in [0.29, 0.717) is 10.0 Å². The van der Waals surface area contributed by atoms with E-state index in [4.69, 9.17) is 28.9 Å². The third kappa shape index (κ3) is 2.88. The Bertz CT molecular complexity index is 279. The maximum atomic E-state index is 6.04. The van der Waals surface area contributed by atoms with Crippen molar-refractivity contribution in [2.24, 2.45) is 5.73 Å². The second kappa shape index (κ2) is 5.59. The van der Waals surface area contributed by atoms with Gasteiger partial charge in [-0.1, -0.05) is 49.0 Å². The third-order valence-corrected chi connectivity index (χ3v) is 2.90. The Hall–Kier alpha value is -0.240. The summed E-state index contributed by atoms with van der Waals surface area (Å²) in [6, 6.07) is 5.44. The van der Waals surface area contributed by atoms with E-state index in [1.165, 1.54) is 0 Å². The highest BCUT2D eigenvalue weighted by molar-refractivity contribution is 6.36. The number of nitrogens with two attached hydrogens (primary N) is 1. The lowest BCUT2D eigenvalue weighted by Crippen LogP contribution is -2.11. The van der Waals surface area contributed by atoms with Crippen molar-refractivity contribution in [3.05, 3.63) is 33.8 Å². The lowest BCUT2D eigenvalue weighted by molar-refractivity contribution is 0.604. The molecule has 0 fully saturated rings. The molecule has 1 atom stereocenters. The molecule has 0 aliphatic rings. The Kier molecular flexibility index (Phi) is 4.73. The van der Waals surface area contributed by atoms with Gasteiger partial charge in [0.25, 0.3) is 0 Å². The van der Waals surface area contributed by atoms with Gasteiger partial charge < -0.3 is 5.73 Å². The number of hydrogen-bond acceptors (Lipinski definition) is 1. The standard InChI is InChI=1S/C11H15Cl2N/c1-2-3-7-10(14)11-8(12)5-4-6-9(11)13/h4-6,10H,2-3,7,14H2,1H3/t10-/m0/s1. The predicted molar refractivity (Wildman–Crippen MR) is 62.9 cm³/mol. The molecule has 14 heavy (non-hydrogen) atoms. The van der Waals surface area contributed by atoms with E-state index in [2.05, 4.69) is 6.92 Å². The van der Waals surface area contributed by atoms with E-state index in [1.54, 1.807) is 0 Å². The predicted octanol–water partition coefficient (Wildman–Crippen LogP) is 4.18. The van der Waals surface area contributed by atoms with Gasteiger partial charge in [-0.2, -0.15) is 0 Å². The minimum Gasteiger partial charge on any atom is -0.324 e. The first-order chi connectivity index (χ1) is 6.66. The van der Waals surface area contributed by atoms with E-state index in [0.717, 1.165) is 24.8 Å². The van der Waals surface area contributed by atoms with Crippen LogP contribution in [-0.2, 0) is 0 Å². The first kappa shape index (κ1) is 11.8. The normalized spacial score (nSPS) is 12.9. The zero-order valence-corrected chi connectivity index (χ0v) is 9.78. The zero-order valence-electron chi connectivity index (χ0n) is 8.26. The Labute approximate surface area is 95.2 Å². The second-order valence-corrected chi connectivity index (χ2v) is 4.20. The summed E-state index contributed by atoms with van der Waals surface area (Å²) in [5.74, 6) is 0. The first-order valence-electron chi connectivity index (χ1n) is 4.86. The topological polar surface area (TPSA) is 26.0 Å². The van der Waals surface area contributed by atoms with Crippen LogP contribution in [0.25, 0.3) is 0 Å². The smallest absolute Gasteiger partial charge is 0.0468 e. The average molecular weight is 232 g/mol. The van der Waals surface area contributed by atoms with Crippen LogP contribution in [0, 0.1) is 0 Å². The van der Waals surface area contributed by atoms with Gasteiger partial charge in [0.15, 0.2) is 0 Å². The van der Waals surface area contributed by atoms with Gasteiger partial charge >= 0.3 is 0 Å². The van der Waals surface area contributed by atoms with Crippen LogP contribution in [-0.4, -0.2) is 0 Å². The van der Waals surface area contributed by atoms with Gasteiger partial charge in [-0.05, 0) is 18.6 Å². The summed E-state index contributed by atoms with van der Waals surface area (Å²) in [6.07, 6.45) is 3.17. The van der Waals surface area contributed by atoms with E-state index in [-0.39, 0.29) is 6.04 Å². The fourth-order valence-corrected chi connectivity index (χ4v) is 2.11. The molecule has 2 N–H and O–H groups in total. The molecule has 0 spiro atoms. The molecular formula is C11H15Cl2N. The van der Waals surface area contributed by atoms with Crippen LogP contribution in [0.15, 0.2) is 18.2 Å². The molecule has 1 nitrogen and oxygen atoms in total. The zero-order chi connectivity index (χ0) is 10.6. The van der Waals surface area contributed by atoms with Gasteiger partial charge in [0.1, 0.15) is 0 Å². The number of benzene rings is 1. The Balaban J connectivity index is 2.82. The van der Waals surface area contributed by atoms with E-state index in [1.807, 2.05) is 18.2 Å². The number of hydrogen-bond donors (Lipinski definition) is 1. The van der Waals surface area contributed by atoms with Crippen molar-refractivity contribution in [2.75, 3.05) is 0 Å². The number of rotatable bonds is 4. The van der Waals surface area contributed by atoms with E-state index < -0.39 is 0 Å². The van der Waals surface area contributed by atoms with Gasteiger partial charge in [-0.3, -0.25) is 0 Å². The summed E-state index contributed by atoms with van der Waals surface area (Å²) >= 11 is 12.1. The maximum Gasteiger partial charge on any atom is 0.0468 e. The highest BCUT2D eigenvalue weighted by Crippen LogP contribution is 2.31. The van der Waals surface area contributed by atoms with Gasteiger partial charge in [0, 0.05) is 21.7 Å². The molecule has 0 aromatic heterocycles. The first-order valence-corrected chi connectivity index (χ1v) is 5.62. The molecule has 0 saturated carbocycles. The van der Waals surface area contributed by atoms with Crippen molar-refractivity contribution in [2.45, 2.75) is 32.2 Å². The molecule has 78 valence electrons. The van der Waals surface area contributed by atoms with Crippen LogP contribution < -0.4 is 5.73 Å². The van der Waals surface area contributed by atoms with Crippen molar-refractivity contribution in [1.29, 1.82) is 0 Å². The van der Waals surface area contributed by atoms with Crippen molar-refractivity contribution in [1.82, 2.24) is 0 Å². The molecule has 1 aromatic rings. The van der Waals surface area contributed by atoms with Gasteiger partial charge in [-0.25, -0.2) is 0 Å². The highest BCUT2D eigenvalue weighted by atomic mass is 35.5. The average Bonchev–Trinajstić information content (AvgIpc) is 2.14. The molecule has 0 heterocycles. The molecule has 0 aliphatic heterocycles. The van der Waals surface area contributed by atoms with Gasteiger partial charge in [-0.15, -0.1) is 0 Å². The van der Waals surface area contributed by atoms with Crippen molar-refractivity contribution in [3.63, 3.8) is 0 Å². The van der Waals surface area contributed by atoms with Crippen LogP contribution in [0.3, 0.4) is 0 Å². The Morgan fingerprint density at radius 3 is 2.36 bits per heavy atom. The molecule has 0 amide bonds. The third-order valence-electron chi connectivity index (χ3n) is 2.24. The molecular weight excluding hydrogens is 217 g/mol. The van der Waals surface area contributed by atoms with Crippen molar-refractivity contribution in [3.8, 4) is 0 Å². The van der Waals surface area contributed by atoms with Crippen molar-refractivity contribution >= 4 is 23.2 Å². The van der Waals surface area contributed by atoms with Crippen LogP contribution in [0.5, 0.6) is 0 Å². The highest BCUT2D eigenvalue weighted by Gasteiger charge is 2.12. The minimum absolute atomic E-state index is 0.0452. The summed E-state index contributed by atoms with van der Waals surface area (Å²) in [5.41, 5.74) is 6.89. The number of halogens is 2. The molecule has 0 radical (unpaired) electrons. The van der Waals surface area contributed by atoms with E-state index in [9.17, 15) is 0 Å². The lowest BCUT2D eigenvalue weighted by Gasteiger charge is -2.14. The quantitative estimate of drug-likeness (QED) is 0.827. The van der Waals surface area contributed by atoms with E-state index >= 15 is 0 Å². The lowest BCUT2D eigenvalue weighted by atomic mass is 10.0. The fraction of sp³-hybridized carbons (Fsp3) is 0.455. The van der Waals surface area contributed by atoms with Gasteiger partial charge in [0.05, 0.1) is 0 Å². The summed E-state index contributed by atoms with van der Waals surface area (Å²) in [4.78, 5) is 0. The van der Waals surface area contributed by atoms with Crippen LogP contribution in [0.2, 0.25) is 10.0 Å². The summed E-state index contributed by atoms with van der Waals surface area (Å²) in [7, 11) is 0. The van der Waals surface area contributed by atoms with Crippen LogP contribution in [0.1, 0.15) is 37.8 Å². The SMILES string of the molecule is CCCC[C@H](N)c1c(Cl)cccc1Cl. The number of unbranched alkanes of at least 4 members (excludes halogenated alkanes) is 1. The summed E-state index contributed by atoms with van der Waals surface area (Å²) < 4.78 is 0. The summed E-state index contributed by atoms with van der Waals surface area (Å²) in [5, 5.41) is 1.34. The molecule has 0 bridgehead atoms. The summed E-state index contributed by atoms with van der Waals surface area (Å²) in [6.45, 7) is 2.14. The largest absolute Gasteiger partial charge is 0.324 e. The minimum atomic E-state index is -0.0452. The Morgan fingerprint density at radius 2 is 1.86 bits per heavy atom. The Morgan fingerprint density at radius 1 is 1.29 bits per heavy atom. The monoisotopic (exact) mass is 231 g/mol. The van der Waals surface area contributed by atoms with Crippen LogP contribution >= 0.6 is 23.2 Å². The molecule has 1 rings (SSSR count). The van der Waals surface area contributed by atoms with Crippen molar-refractivity contribution < 1.29 is 0 Å². The molecule has 1 aromatic carbocycles. The second-order valence-electron chi connectivity index (χ2n) is 3.38. The molecule has 0 saturated heterocycles. The maximum absolute atomic E-state index is 6.04. The molecule has 3 heteroatoms.